The van der Waals surface area contributed by atoms with Gasteiger partial charge in [0, 0.05) is 14.9 Å². The Hall–Kier alpha value is -0.980. The molecule has 0 spiro atoms. The van der Waals surface area contributed by atoms with Crippen molar-refractivity contribution in [2.24, 2.45) is 5.10 Å². The lowest BCUT2D eigenvalue weighted by Gasteiger charge is -1.99. The maximum Gasteiger partial charge on any atom is 0.271 e. The smallest absolute Gasteiger partial charge is 0.267 e. The number of halogens is 2. The van der Waals surface area contributed by atoms with Crippen LogP contribution in [-0.4, -0.2) is 12.1 Å². The summed E-state index contributed by atoms with van der Waals surface area (Å²) in [4.78, 5) is 12.7. The monoisotopic (exact) mass is 386 g/mol. The second-order valence-electron chi connectivity index (χ2n) is 3.35. The summed E-state index contributed by atoms with van der Waals surface area (Å²) < 4.78 is 1.97. The molecule has 0 saturated heterocycles. The Bertz CT molecular complexity index is 578. The number of nitrogens with one attached hydrogen (secondary N) is 1. The van der Waals surface area contributed by atoms with Gasteiger partial charge in [0.25, 0.3) is 5.91 Å². The van der Waals surface area contributed by atoms with Crippen LogP contribution in [0.5, 0.6) is 0 Å². The van der Waals surface area contributed by atoms with Gasteiger partial charge in [0.2, 0.25) is 0 Å². The lowest BCUT2D eigenvalue weighted by atomic mass is 10.2. The van der Waals surface area contributed by atoms with Crippen molar-refractivity contribution >= 4 is 55.3 Å². The minimum Gasteiger partial charge on any atom is -0.267 e. The summed E-state index contributed by atoms with van der Waals surface area (Å²) in [5.74, 6) is -0.227. The van der Waals surface area contributed by atoms with E-state index in [1.807, 2.05) is 24.3 Å². The Labute approximate surface area is 125 Å². The third-order valence-corrected chi connectivity index (χ3v) is 4.15. The van der Waals surface area contributed by atoms with Crippen LogP contribution in [0.25, 0.3) is 0 Å². The Balaban J connectivity index is 1.96. The average Bonchev–Trinajstić information content (AvgIpc) is 2.76. The molecule has 0 radical (unpaired) electrons. The number of thiophene rings is 1. The van der Waals surface area contributed by atoms with E-state index < -0.39 is 0 Å². The molecular formula is C12H8Br2N2OS. The third-order valence-electron chi connectivity index (χ3n) is 2.06. The van der Waals surface area contributed by atoms with Crippen LogP contribution in [0.4, 0.5) is 0 Å². The topological polar surface area (TPSA) is 41.5 Å². The second kappa shape index (κ2) is 6.26. The number of carbonyl (C=O) groups is 1. The molecule has 0 aliphatic heterocycles. The van der Waals surface area contributed by atoms with Crippen molar-refractivity contribution < 1.29 is 4.79 Å². The van der Waals surface area contributed by atoms with Gasteiger partial charge >= 0.3 is 0 Å². The van der Waals surface area contributed by atoms with Crippen LogP contribution in [0.2, 0.25) is 0 Å². The summed E-state index contributed by atoms with van der Waals surface area (Å²) in [5.41, 5.74) is 3.05. The Kier molecular flexibility index (Phi) is 4.68. The van der Waals surface area contributed by atoms with Gasteiger partial charge in [0.15, 0.2) is 0 Å². The number of carbonyl (C=O) groups excluding carboxylic acids is 1. The lowest BCUT2D eigenvalue weighted by Crippen LogP contribution is -2.17. The predicted molar refractivity (Wildman–Crippen MR) is 81.2 cm³/mol. The quantitative estimate of drug-likeness (QED) is 0.626. The van der Waals surface area contributed by atoms with Crippen molar-refractivity contribution in [1.82, 2.24) is 5.43 Å². The molecule has 2 aromatic rings. The first-order chi connectivity index (χ1) is 8.65. The van der Waals surface area contributed by atoms with Crippen LogP contribution < -0.4 is 5.43 Å². The molecule has 0 bridgehead atoms. The zero-order chi connectivity index (χ0) is 13.0. The van der Waals surface area contributed by atoms with E-state index in [9.17, 15) is 4.79 Å². The van der Waals surface area contributed by atoms with Crippen LogP contribution in [0, 0.1) is 0 Å². The molecule has 92 valence electrons. The minimum atomic E-state index is -0.227. The van der Waals surface area contributed by atoms with Crippen LogP contribution >= 0.6 is 43.2 Å². The molecule has 0 fully saturated rings. The summed E-state index contributed by atoms with van der Waals surface area (Å²) in [6.45, 7) is 0. The van der Waals surface area contributed by atoms with Gasteiger partial charge in [0.05, 0.1) is 10.0 Å². The normalized spacial score (nSPS) is 10.8. The van der Waals surface area contributed by atoms with Gasteiger partial charge in [-0.1, -0.05) is 15.9 Å². The Morgan fingerprint density at radius 3 is 2.50 bits per heavy atom. The van der Waals surface area contributed by atoms with Crippen molar-refractivity contribution in [2.75, 3.05) is 0 Å². The molecule has 0 aliphatic rings. The Morgan fingerprint density at radius 2 is 1.89 bits per heavy atom. The van der Waals surface area contributed by atoms with Crippen molar-refractivity contribution in [3.8, 4) is 0 Å². The van der Waals surface area contributed by atoms with Gasteiger partial charge < -0.3 is 0 Å². The summed E-state index contributed by atoms with van der Waals surface area (Å²) >= 11 is 8.22. The number of rotatable bonds is 3. The minimum absolute atomic E-state index is 0.227. The molecule has 18 heavy (non-hydrogen) atoms. The number of nitrogens with zero attached hydrogens (tertiary/aromatic N) is 1. The molecule has 1 aromatic heterocycles. The number of hydrogen-bond acceptors (Lipinski definition) is 3. The molecule has 0 unspecified atom stereocenters. The van der Waals surface area contributed by atoms with E-state index in [1.54, 1.807) is 29.7 Å². The highest BCUT2D eigenvalue weighted by atomic mass is 79.9. The molecule has 0 saturated carbocycles. The van der Waals surface area contributed by atoms with Crippen molar-refractivity contribution in [3.63, 3.8) is 0 Å². The number of hydrogen-bond donors (Lipinski definition) is 1. The highest BCUT2D eigenvalue weighted by molar-refractivity contribution is 9.11. The highest BCUT2D eigenvalue weighted by Crippen LogP contribution is 2.20. The largest absolute Gasteiger partial charge is 0.271 e. The predicted octanol–water partition coefficient (Wildman–Crippen LogP) is 4.04. The molecule has 0 atom stereocenters. The number of hydrazone groups is 1. The molecule has 1 amide bonds. The van der Waals surface area contributed by atoms with Gasteiger partial charge in [-0.05, 0) is 52.3 Å². The fourth-order valence-corrected chi connectivity index (χ4v) is 2.78. The number of benzene rings is 1. The van der Waals surface area contributed by atoms with Gasteiger partial charge in [-0.2, -0.15) is 5.10 Å². The van der Waals surface area contributed by atoms with Gasteiger partial charge in [-0.25, -0.2) is 5.43 Å². The van der Waals surface area contributed by atoms with Crippen molar-refractivity contribution in [1.29, 1.82) is 0 Å². The molecule has 6 heteroatoms. The van der Waals surface area contributed by atoms with Gasteiger partial charge in [0.1, 0.15) is 0 Å². The maximum absolute atomic E-state index is 11.7. The number of amides is 1. The molecule has 2 rings (SSSR count). The highest BCUT2D eigenvalue weighted by Gasteiger charge is 2.02. The third kappa shape index (κ3) is 3.76. The first-order valence-electron chi connectivity index (χ1n) is 4.99. The first kappa shape index (κ1) is 13.5. The first-order valence-corrected chi connectivity index (χ1v) is 7.40. The van der Waals surface area contributed by atoms with Crippen molar-refractivity contribution in [2.45, 2.75) is 0 Å². The summed E-state index contributed by atoms with van der Waals surface area (Å²) in [5, 5.41) is 3.91. The van der Waals surface area contributed by atoms with E-state index in [0.29, 0.717) is 5.56 Å². The van der Waals surface area contributed by atoms with E-state index in [2.05, 4.69) is 42.4 Å². The van der Waals surface area contributed by atoms with Crippen LogP contribution in [-0.2, 0) is 0 Å². The summed E-state index contributed by atoms with van der Waals surface area (Å²) in [6, 6.07) is 10.9. The zero-order valence-corrected chi connectivity index (χ0v) is 13.0. The summed E-state index contributed by atoms with van der Waals surface area (Å²) in [7, 11) is 0. The molecule has 1 heterocycles. The van der Waals surface area contributed by atoms with Crippen molar-refractivity contribution in [3.05, 3.63) is 55.1 Å². The SMILES string of the molecule is O=C(N/N=C/c1ccc(Br)s1)c1ccc(Br)cc1. The fourth-order valence-electron chi connectivity index (χ4n) is 1.22. The van der Waals surface area contributed by atoms with Crippen LogP contribution in [0.3, 0.4) is 0 Å². The molecule has 0 aliphatic carbocycles. The molecule has 1 aromatic carbocycles. The second-order valence-corrected chi connectivity index (χ2v) is 6.76. The van der Waals surface area contributed by atoms with E-state index in [1.165, 1.54) is 0 Å². The molecular weight excluding hydrogens is 380 g/mol. The van der Waals surface area contributed by atoms with E-state index in [4.69, 9.17) is 0 Å². The van der Waals surface area contributed by atoms with Gasteiger partial charge in [-0.15, -0.1) is 11.3 Å². The van der Waals surface area contributed by atoms with Crippen LogP contribution in [0.1, 0.15) is 15.2 Å². The summed E-state index contributed by atoms with van der Waals surface area (Å²) in [6.07, 6.45) is 1.62. The Morgan fingerprint density at radius 1 is 1.17 bits per heavy atom. The van der Waals surface area contributed by atoms with Crippen LogP contribution in [0.15, 0.2) is 49.8 Å². The average molecular weight is 388 g/mol. The van der Waals surface area contributed by atoms with E-state index in [0.717, 1.165) is 13.1 Å². The fraction of sp³-hybridized carbons (Fsp3) is 0. The standard InChI is InChI=1S/C12H8Br2N2OS/c13-9-3-1-8(2-4-9)12(17)16-15-7-10-5-6-11(14)18-10/h1-7H,(H,16,17)/b15-7+. The molecule has 3 nitrogen and oxygen atoms in total. The van der Waals surface area contributed by atoms with Gasteiger partial charge in [-0.3, -0.25) is 4.79 Å². The molecule has 1 N–H and O–H groups in total. The lowest BCUT2D eigenvalue weighted by molar-refractivity contribution is 0.0955. The van der Waals surface area contributed by atoms with E-state index >= 15 is 0 Å². The van der Waals surface area contributed by atoms with E-state index in [-0.39, 0.29) is 5.91 Å². The maximum atomic E-state index is 11.7. The zero-order valence-electron chi connectivity index (χ0n) is 9.06.